The minimum atomic E-state index is -4.06. The van der Waals surface area contributed by atoms with E-state index < -0.39 is 16.0 Å². The number of sulfonamides is 1. The largest absolute Gasteiger partial charge is 0.462 e. The van der Waals surface area contributed by atoms with Gasteiger partial charge in [0.05, 0.1) is 13.2 Å². The Kier molecular flexibility index (Phi) is 7.05. The Morgan fingerprint density at radius 3 is 2.33 bits per heavy atom. The van der Waals surface area contributed by atoms with Crippen molar-refractivity contribution < 1.29 is 22.7 Å². The number of nitrogens with zero attached hydrogens (tertiary/aromatic N) is 1. The molecule has 1 heterocycles. The predicted molar refractivity (Wildman–Crippen MR) is 101 cm³/mol. The van der Waals surface area contributed by atoms with Gasteiger partial charge in [-0.25, -0.2) is 17.9 Å². The van der Waals surface area contributed by atoms with E-state index in [9.17, 15) is 18.0 Å². The van der Waals surface area contributed by atoms with Crippen molar-refractivity contribution in [1.29, 1.82) is 0 Å². The van der Waals surface area contributed by atoms with Gasteiger partial charge in [-0.2, -0.15) is 0 Å². The molecular weight excluding hydrogens is 370 g/mol. The number of hydrogen-bond acceptors (Lipinski definition) is 5. The summed E-state index contributed by atoms with van der Waals surface area (Å²) in [7, 11) is -4.06. The van der Waals surface area contributed by atoms with Crippen molar-refractivity contribution in [1.82, 2.24) is 14.6 Å². The lowest BCUT2D eigenvalue weighted by molar-refractivity contribution is -0.120. The van der Waals surface area contributed by atoms with Crippen molar-refractivity contribution in [3.63, 3.8) is 0 Å². The fourth-order valence-electron chi connectivity index (χ4n) is 3.68. The summed E-state index contributed by atoms with van der Waals surface area (Å²) in [6, 6.07) is 0.113. The van der Waals surface area contributed by atoms with Crippen molar-refractivity contribution in [2.45, 2.75) is 70.9 Å². The first-order valence-electron chi connectivity index (χ1n) is 9.38. The quantitative estimate of drug-likeness (QED) is 0.646. The number of ether oxygens (including phenoxy) is 1. The van der Waals surface area contributed by atoms with Gasteiger partial charge in [0.1, 0.15) is 10.5 Å². The van der Waals surface area contributed by atoms with Crippen LogP contribution in [0, 0.1) is 13.8 Å². The summed E-state index contributed by atoms with van der Waals surface area (Å²) < 4.78 is 34.9. The van der Waals surface area contributed by atoms with Crippen LogP contribution in [0.5, 0.6) is 0 Å². The lowest BCUT2D eigenvalue weighted by Crippen LogP contribution is -2.41. The highest BCUT2D eigenvalue weighted by molar-refractivity contribution is 7.89. The van der Waals surface area contributed by atoms with Crippen LogP contribution >= 0.6 is 0 Å². The smallest absolute Gasteiger partial charge is 0.341 e. The highest BCUT2D eigenvalue weighted by Gasteiger charge is 2.32. The minimum absolute atomic E-state index is 0.0277. The lowest BCUT2D eigenvalue weighted by Gasteiger charge is -2.13. The Morgan fingerprint density at radius 2 is 1.78 bits per heavy atom. The van der Waals surface area contributed by atoms with E-state index >= 15 is 0 Å². The van der Waals surface area contributed by atoms with Gasteiger partial charge in [-0.1, -0.05) is 12.8 Å². The zero-order valence-corrected chi connectivity index (χ0v) is 17.2. The van der Waals surface area contributed by atoms with E-state index in [1.165, 1.54) is 0 Å². The second-order valence-electron chi connectivity index (χ2n) is 6.71. The molecule has 0 atom stereocenters. The third-order valence-electron chi connectivity index (χ3n) is 4.93. The summed E-state index contributed by atoms with van der Waals surface area (Å²) in [5.41, 5.74) is 1.01. The molecule has 8 nitrogen and oxygen atoms in total. The maximum absolute atomic E-state index is 12.9. The Morgan fingerprint density at radius 1 is 1.15 bits per heavy atom. The van der Waals surface area contributed by atoms with E-state index in [1.54, 1.807) is 25.3 Å². The standard InChI is InChI=1S/C18H29N3O5S/c1-5-21-12(3)16(18(23)26-6-2)17(13(21)4)27(24,25)19-11-15(22)20-14-9-7-8-10-14/h14,19H,5-11H2,1-4H3,(H,20,22). The maximum atomic E-state index is 12.9. The van der Waals surface area contributed by atoms with Gasteiger partial charge in [0.15, 0.2) is 0 Å². The molecule has 2 rings (SSSR count). The molecule has 0 radical (unpaired) electrons. The van der Waals surface area contributed by atoms with Crippen molar-refractivity contribution in [2.75, 3.05) is 13.2 Å². The summed E-state index contributed by atoms with van der Waals surface area (Å²) in [5, 5.41) is 2.84. The van der Waals surface area contributed by atoms with Gasteiger partial charge >= 0.3 is 5.97 Å². The molecule has 152 valence electrons. The van der Waals surface area contributed by atoms with Gasteiger partial charge in [0, 0.05) is 24.0 Å². The summed E-state index contributed by atoms with van der Waals surface area (Å²) in [6.45, 7) is 7.16. The number of esters is 1. The number of rotatable bonds is 8. The predicted octanol–water partition coefficient (Wildman–Crippen LogP) is 1.64. The van der Waals surface area contributed by atoms with Crippen molar-refractivity contribution in [3.05, 3.63) is 17.0 Å². The topological polar surface area (TPSA) is 106 Å². The summed E-state index contributed by atoms with van der Waals surface area (Å²) in [6.07, 6.45) is 3.98. The second kappa shape index (κ2) is 8.88. The monoisotopic (exact) mass is 399 g/mol. The molecule has 1 amide bonds. The number of amides is 1. The number of carbonyl (C=O) groups excluding carboxylic acids is 2. The van der Waals surface area contributed by atoms with E-state index in [4.69, 9.17) is 4.74 Å². The molecule has 0 saturated heterocycles. The molecular formula is C18H29N3O5S. The first kappa shape index (κ1) is 21.4. The zero-order valence-electron chi connectivity index (χ0n) is 16.4. The van der Waals surface area contributed by atoms with Gasteiger partial charge in [0.25, 0.3) is 0 Å². The maximum Gasteiger partial charge on any atom is 0.341 e. The Hall–Kier alpha value is -1.87. The SMILES string of the molecule is CCOC(=O)c1c(S(=O)(=O)NCC(=O)NC2CCCC2)c(C)n(CC)c1C. The van der Waals surface area contributed by atoms with Gasteiger partial charge in [-0.3, -0.25) is 4.79 Å². The number of nitrogens with one attached hydrogen (secondary N) is 2. The van der Waals surface area contributed by atoms with E-state index in [0.29, 0.717) is 17.9 Å². The average Bonchev–Trinajstić information content (AvgIpc) is 3.19. The van der Waals surface area contributed by atoms with Gasteiger partial charge in [-0.05, 0) is 40.5 Å². The fourth-order valence-corrected chi connectivity index (χ4v) is 5.15. The van der Waals surface area contributed by atoms with E-state index in [1.807, 2.05) is 6.92 Å². The molecule has 0 bridgehead atoms. The molecule has 1 aliphatic carbocycles. The Bertz CT molecular complexity index is 807. The van der Waals surface area contributed by atoms with E-state index in [2.05, 4.69) is 10.0 Å². The normalized spacial score (nSPS) is 15.1. The molecule has 0 unspecified atom stereocenters. The van der Waals surface area contributed by atoms with Crippen LogP contribution in [-0.4, -0.2) is 44.1 Å². The lowest BCUT2D eigenvalue weighted by atomic mass is 10.2. The Balaban J connectivity index is 2.25. The van der Waals surface area contributed by atoms with Crippen molar-refractivity contribution in [3.8, 4) is 0 Å². The minimum Gasteiger partial charge on any atom is -0.462 e. The van der Waals surface area contributed by atoms with Crippen LogP contribution in [0.25, 0.3) is 0 Å². The summed E-state index contributed by atoms with van der Waals surface area (Å²) in [5.74, 6) is -1.05. The second-order valence-corrected chi connectivity index (χ2v) is 8.42. The molecule has 0 spiro atoms. The van der Waals surface area contributed by atoms with Crippen LogP contribution in [0.1, 0.15) is 61.3 Å². The van der Waals surface area contributed by atoms with Crippen molar-refractivity contribution in [2.24, 2.45) is 0 Å². The van der Waals surface area contributed by atoms with Gasteiger partial charge in [-0.15, -0.1) is 0 Å². The van der Waals surface area contributed by atoms with Crippen LogP contribution in [0.2, 0.25) is 0 Å². The molecule has 0 aliphatic heterocycles. The molecule has 27 heavy (non-hydrogen) atoms. The molecule has 1 saturated carbocycles. The van der Waals surface area contributed by atoms with Crippen LogP contribution < -0.4 is 10.0 Å². The first-order chi connectivity index (χ1) is 12.7. The zero-order chi connectivity index (χ0) is 20.2. The Labute approximate surface area is 160 Å². The van der Waals surface area contributed by atoms with Crippen LogP contribution in [-0.2, 0) is 26.1 Å². The molecule has 1 aliphatic rings. The summed E-state index contributed by atoms with van der Waals surface area (Å²) in [4.78, 5) is 24.3. The summed E-state index contributed by atoms with van der Waals surface area (Å²) >= 11 is 0. The fraction of sp³-hybridized carbons (Fsp3) is 0.667. The average molecular weight is 400 g/mol. The van der Waals surface area contributed by atoms with E-state index in [-0.39, 0.29) is 35.6 Å². The van der Waals surface area contributed by atoms with Gasteiger partial charge < -0.3 is 14.6 Å². The molecule has 1 aromatic rings. The number of hydrogen-bond donors (Lipinski definition) is 2. The third kappa shape index (κ3) is 4.70. The van der Waals surface area contributed by atoms with Crippen molar-refractivity contribution >= 4 is 21.9 Å². The highest BCUT2D eigenvalue weighted by atomic mass is 32.2. The van der Waals surface area contributed by atoms with Crippen LogP contribution in [0.15, 0.2) is 4.90 Å². The molecule has 1 fully saturated rings. The molecule has 1 aromatic heterocycles. The third-order valence-corrected chi connectivity index (χ3v) is 6.50. The van der Waals surface area contributed by atoms with Crippen LogP contribution in [0.4, 0.5) is 0 Å². The molecule has 2 N–H and O–H groups in total. The molecule has 9 heteroatoms. The highest BCUT2D eigenvalue weighted by Crippen LogP contribution is 2.27. The number of aromatic nitrogens is 1. The van der Waals surface area contributed by atoms with E-state index in [0.717, 1.165) is 25.7 Å². The van der Waals surface area contributed by atoms with Gasteiger partial charge in [0.2, 0.25) is 15.9 Å². The van der Waals surface area contributed by atoms with Crippen LogP contribution in [0.3, 0.4) is 0 Å². The molecule has 0 aromatic carbocycles. The first-order valence-corrected chi connectivity index (χ1v) is 10.9. The number of carbonyl (C=O) groups is 2.